The number of hydrogen-bond donors (Lipinski definition) is 1. The van der Waals surface area contributed by atoms with Crippen LogP contribution < -0.4 is 19.1 Å². The summed E-state index contributed by atoms with van der Waals surface area (Å²) >= 11 is 5.99. The molecule has 0 aliphatic carbocycles. The Labute approximate surface area is 175 Å². The van der Waals surface area contributed by atoms with Crippen molar-refractivity contribution < 1.29 is 22.7 Å². The van der Waals surface area contributed by atoms with Gasteiger partial charge in [0.05, 0.1) is 24.5 Å². The van der Waals surface area contributed by atoms with E-state index in [9.17, 15) is 13.2 Å². The average Bonchev–Trinajstić information content (AvgIpc) is 2.65. The fraction of sp³-hybridized carbons (Fsp3) is 0.350. The van der Waals surface area contributed by atoms with Gasteiger partial charge in [-0.1, -0.05) is 29.8 Å². The van der Waals surface area contributed by atoms with Crippen LogP contribution in [-0.4, -0.2) is 45.9 Å². The number of halogens is 1. The van der Waals surface area contributed by atoms with Crippen molar-refractivity contribution in [2.24, 2.45) is 0 Å². The molecule has 29 heavy (non-hydrogen) atoms. The number of ether oxygens (including phenoxy) is 2. The van der Waals surface area contributed by atoms with Crippen LogP contribution in [0.2, 0.25) is 5.02 Å². The van der Waals surface area contributed by atoms with Crippen molar-refractivity contribution in [2.75, 3.05) is 23.7 Å². The number of carbonyl (C=O) groups is 1. The van der Waals surface area contributed by atoms with Crippen LogP contribution in [0, 0.1) is 6.92 Å². The Morgan fingerprint density at radius 2 is 2.07 bits per heavy atom. The first-order valence-corrected chi connectivity index (χ1v) is 11.3. The van der Waals surface area contributed by atoms with Gasteiger partial charge in [0.2, 0.25) is 10.0 Å². The van der Waals surface area contributed by atoms with Gasteiger partial charge in [-0.3, -0.25) is 9.10 Å². The van der Waals surface area contributed by atoms with E-state index in [4.69, 9.17) is 21.1 Å². The van der Waals surface area contributed by atoms with Gasteiger partial charge in [0.15, 0.2) is 6.10 Å². The molecule has 0 fully saturated rings. The summed E-state index contributed by atoms with van der Waals surface area (Å²) in [4.78, 5) is 12.7. The maximum atomic E-state index is 12.7. The van der Waals surface area contributed by atoms with E-state index in [2.05, 4.69) is 5.32 Å². The fourth-order valence-corrected chi connectivity index (χ4v) is 4.06. The minimum Gasteiger partial charge on any atom is -0.491 e. The summed E-state index contributed by atoms with van der Waals surface area (Å²) in [7, 11) is -3.61. The highest BCUT2D eigenvalue weighted by Gasteiger charge is 2.35. The van der Waals surface area contributed by atoms with Gasteiger partial charge in [-0.2, -0.15) is 0 Å². The second-order valence-corrected chi connectivity index (χ2v) is 9.34. The zero-order valence-corrected chi connectivity index (χ0v) is 18.0. The standard InChI is InChI=1S/C20H23ClN2O5S/c1-13-6-4-5-7-17(13)27-12-14(2)22-20(24)19-11-23(29(3,25)26)16-10-15(21)8-9-18(16)28-19/h4-10,14,19H,11-12H2,1-3H3,(H,22,24)/t14-,19+/m1/s1. The van der Waals surface area contributed by atoms with Gasteiger partial charge in [0.1, 0.15) is 18.1 Å². The minimum atomic E-state index is -3.61. The number of nitrogens with one attached hydrogen (secondary N) is 1. The molecule has 3 rings (SSSR count). The van der Waals surface area contributed by atoms with Crippen LogP contribution in [0.4, 0.5) is 5.69 Å². The molecular weight excluding hydrogens is 416 g/mol. The average molecular weight is 439 g/mol. The van der Waals surface area contributed by atoms with Crippen molar-refractivity contribution in [2.45, 2.75) is 26.0 Å². The van der Waals surface area contributed by atoms with E-state index in [-0.39, 0.29) is 24.9 Å². The molecule has 9 heteroatoms. The Hall–Kier alpha value is -2.45. The van der Waals surface area contributed by atoms with E-state index in [1.54, 1.807) is 19.1 Å². The summed E-state index contributed by atoms with van der Waals surface area (Å²) in [6, 6.07) is 11.9. The monoisotopic (exact) mass is 438 g/mol. The molecule has 1 N–H and O–H groups in total. The SMILES string of the molecule is Cc1ccccc1OC[C@@H](C)NC(=O)[C@@H]1CN(S(C)(=O)=O)c2cc(Cl)ccc2O1. The second-order valence-electron chi connectivity index (χ2n) is 7.00. The van der Waals surface area contributed by atoms with Gasteiger partial charge in [0.25, 0.3) is 5.91 Å². The predicted octanol–water partition coefficient (Wildman–Crippen LogP) is 2.76. The highest BCUT2D eigenvalue weighted by molar-refractivity contribution is 7.92. The highest BCUT2D eigenvalue weighted by Crippen LogP contribution is 2.37. The first-order valence-electron chi connectivity index (χ1n) is 9.08. The molecule has 1 heterocycles. The van der Waals surface area contributed by atoms with Gasteiger partial charge in [0, 0.05) is 5.02 Å². The summed E-state index contributed by atoms with van der Waals surface area (Å²) in [5.41, 5.74) is 1.32. The Balaban J connectivity index is 1.68. The molecule has 0 aromatic heterocycles. The smallest absolute Gasteiger partial charge is 0.263 e. The van der Waals surface area contributed by atoms with Crippen molar-refractivity contribution in [3.8, 4) is 11.5 Å². The van der Waals surface area contributed by atoms with E-state index in [1.807, 2.05) is 31.2 Å². The van der Waals surface area contributed by atoms with E-state index in [1.165, 1.54) is 6.07 Å². The Morgan fingerprint density at radius 3 is 2.76 bits per heavy atom. The number of rotatable bonds is 6. The number of anilines is 1. The first kappa shape index (κ1) is 21.3. The summed E-state index contributed by atoms with van der Waals surface area (Å²) in [6.45, 7) is 3.88. The van der Waals surface area contributed by atoms with Crippen LogP contribution >= 0.6 is 11.6 Å². The van der Waals surface area contributed by atoms with E-state index in [0.29, 0.717) is 10.7 Å². The summed E-state index contributed by atoms with van der Waals surface area (Å²) in [5, 5.41) is 3.20. The molecule has 1 amide bonds. The number of carbonyl (C=O) groups excluding carboxylic acids is 1. The maximum absolute atomic E-state index is 12.7. The van der Waals surface area contributed by atoms with Crippen LogP contribution in [0.15, 0.2) is 42.5 Å². The van der Waals surface area contributed by atoms with E-state index in [0.717, 1.165) is 21.9 Å². The molecule has 7 nitrogen and oxygen atoms in total. The summed E-state index contributed by atoms with van der Waals surface area (Å²) < 4.78 is 37.1. The van der Waals surface area contributed by atoms with Crippen molar-refractivity contribution in [3.63, 3.8) is 0 Å². The lowest BCUT2D eigenvalue weighted by Gasteiger charge is -2.34. The van der Waals surface area contributed by atoms with Crippen molar-refractivity contribution in [3.05, 3.63) is 53.1 Å². The fourth-order valence-electron chi connectivity index (χ4n) is 2.99. The molecule has 0 saturated carbocycles. The third-order valence-corrected chi connectivity index (χ3v) is 5.84. The molecule has 0 unspecified atom stereocenters. The van der Waals surface area contributed by atoms with Crippen LogP contribution in [0.3, 0.4) is 0 Å². The number of fused-ring (bicyclic) bond motifs is 1. The second kappa shape index (κ2) is 8.51. The Bertz CT molecular complexity index is 1010. The highest BCUT2D eigenvalue weighted by atomic mass is 35.5. The molecule has 2 aromatic carbocycles. The maximum Gasteiger partial charge on any atom is 0.263 e. The largest absolute Gasteiger partial charge is 0.491 e. The van der Waals surface area contributed by atoms with Crippen LogP contribution in [0.5, 0.6) is 11.5 Å². The first-order chi connectivity index (χ1) is 13.6. The number of hydrogen-bond acceptors (Lipinski definition) is 5. The number of amides is 1. The van der Waals surface area contributed by atoms with Crippen molar-refractivity contribution in [1.82, 2.24) is 5.32 Å². The molecule has 2 atom stereocenters. The topological polar surface area (TPSA) is 84.9 Å². The number of aryl methyl sites for hydroxylation is 1. The van der Waals surface area contributed by atoms with Gasteiger partial charge in [-0.25, -0.2) is 8.42 Å². The minimum absolute atomic E-state index is 0.136. The number of para-hydroxylation sites is 1. The summed E-state index contributed by atoms with van der Waals surface area (Å²) in [6.07, 6.45) is 0.0932. The lowest BCUT2D eigenvalue weighted by molar-refractivity contribution is -0.128. The lowest BCUT2D eigenvalue weighted by atomic mass is 10.2. The third kappa shape index (κ3) is 5.13. The lowest BCUT2D eigenvalue weighted by Crippen LogP contribution is -2.52. The zero-order chi connectivity index (χ0) is 21.2. The molecule has 0 bridgehead atoms. The molecule has 0 spiro atoms. The van der Waals surface area contributed by atoms with Crippen LogP contribution in [-0.2, 0) is 14.8 Å². The molecule has 1 aliphatic heterocycles. The van der Waals surface area contributed by atoms with Gasteiger partial charge in [-0.05, 0) is 43.7 Å². The van der Waals surface area contributed by atoms with E-state index >= 15 is 0 Å². The zero-order valence-electron chi connectivity index (χ0n) is 16.4. The molecular formula is C20H23ClN2O5S. The number of nitrogens with zero attached hydrogens (tertiary/aromatic N) is 1. The molecule has 1 aliphatic rings. The molecule has 2 aromatic rings. The van der Waals surface area contributed by atoms with Gasteiger partial charge in [-0.15, -0.1) is 0 Å². The van der Waals surface area contributed by atoms with Gasteiger partial charge >= 0.3 is 0 Å². The van der Waals surface area contributed by atoms with Crippen LogP contribution in [0.1, 0.15) is 12.5 Å². The van der Waals surface area contributed by atoms with E-state index < -0.39 is 22.0 Å². The number of sulfonamides is 1. The normalized spacial score (nSPS) is 17.1. The predicted molar refractivity (Wildman–Crippen MR) is 112 cm³/mol. The number of benzene rings is 2. The van der Waals surface area contributed by atoms with Gasteiger partial charge < -0.3 is 14.8 Å². The van der Waals surface area contributed by atoms with Crippen molar-refractivity contribution in [1.29, 1.82) is 0 Å². The third-order valence-electron chi connectivity index (χ3n) is 4.45. The summed E-state index contributed by atoms with van der Waals surface area (Å²) in [5.74, 6) is 0.617. The quantitative estimate of drug-likeness (QED) is 0.749. The Kier molecular flexibility index (Phi) is 6.24. The Morgan fingerprint density at radius 1 is 1.34 bits per heavy atom. The molecule has 0 saturated heterocycles. The molecule has 0 radical (unpaired) electrons. The van der Waals surface area contributed by atoms with Crippen LogP contribution in [0.25, 0.3) is 0 Å². The molecule has 156 valence electrons. The van der Waals surface area contributed by atoms with Crippen molar-refractivity contribution >= 4 is 33.2 Å².